The second-order valence-electron chi connectivity index (χ2n) is 8.70. The summed E-state index contributed by atoms with van der Waals surface area (Å²) in [6.45, 7) is 8.00. The normalized spacial score (nSPS) is 31.3. The number of carbonyl (C=O) groups is 1. The summed E-state index contributed by atoms with van der Waals surface area (Å²) < 4.78 is 8.26. The van der Waals surface area contributed by atoms with Gasteiger partial charge in [0.25, 0.3) is 5.91 Å². The summed E-state index contributed by atoms with van der Waals surface area (Å²) in [6, 6.07) is 3.65. The molecule has 7 nitrogen and oxygen atoms in total. The van der Waals surface area contributed by atoms with Crippen molar-refractivity contribution in [1.29, 1.82) is 0 Å². The molecule has 1 spiro atoms. The highest BCUT2D eigenvalue weighted by molar-refractivity contribution is 5.99. The highest BCUT2D eigenvalue weighted by atomic mass is 16.5. The van der Waals surface area contributed by atoms with E-state index in [4.69, 9.17) is 4.74 Å². The van der Waals surface area contributed by atoms with Gasteiger partial charge in [0.05, 0.1) is 17.3 Å². The monoisotopic (exact) mass is 381 g/mol. The Labute approximate surface area is 164 Å². The number of ether oxygens (including phenoxy) is 1. The van der Waals surface area contributed by atoms with Gasteiger partial charge in [0.1, 0.15) is 6.33 Å². The van der Waals surface area contributed by atoms with Gasteiger partial charge in [-0.1, -0.05) is 11.6 Å². The highest BCUT2D eigenvalue weighted by Gasteiger charge is 2.62. The van der Waals surface area contributed by atoms with Crippen molar-refractivity contribution >= 4 is 11.6 Å². The molecule has 5 rings (SSSR count). The third-order valence-corrected chi connectivity index (χ3v) is 6.68. The number of likely N-dealkylation sites (tertiary alicyclic amines) is 1. The van der Waals surface area contributed by atoms with Crippen molar-refractivity contribution in [3.8, 4) is 0 Å². The highest BCUT2D eigenvalue weighted by Crippen LogP contribution is 2.54. The Morgan fingerprint density at radius 1 is 1.46 bits per heavy atom. The molecule has 0 unspecified atom stereocenters. The van der Waals surface area contributed by atoms with E-state index in [1.165, 1.54) is 5.57 Å². The summed E-state index contributed by atoms with van der Waals surface area (Å²) in [7, 11) is 0. The minimum atomic E-state index is -0.0881. The molecule has 148 valence electrons. The average molecular weight is 381 g/mol. The predicted molar refractivity (Wildman–Crippen MR) is 105 cm³/mol. The van der Waals surface area contributed by atoms with Crippen molar-refractivity contribution < 1.29 is 9.53 Å². The van der Waals surface area contributed by atoms with Gasteiger partial charge in [-0.05, 0) is 38.8 Å². The van der Waals surface area contributed by atoms with E-state index in [1.807, 2.05) is 12.3 Å². The lowest BCUT2D eigenvalue weighted by molar-refractivity contribution is 0.00364. The number of amides is 1. The molecule has 3 aliphatic heterocycles. The summed E-state index contributed by atoms with van der Waals surface area (Å²) in [4.78, 5) is 15.3. The van der Waals surface area contributed by atoms with E-state index in [2.05, 4.69) is 40.3 Å². The van der Waals surface area contributed by atoms with Crippen LogP contribution in [-0.4, -0.2) is 63.3 Å². The van der Waals surface area contributed by atoms with Crippen LogP contribution in [0, 0.1) is 11.8 Å². The first-order valence-electron chi connectivity index (χ1n) is 10.2. The van der Waals surface area contributed by atoms with E-state index in [-0.39, 0.29) is 17.6 Å². The second kappa shape index (κ2) is 6.67. The minimum absolute atomic E-state index is 0.00255. The average Bonchev–Trinajstić information content (AvgIpc) is 3.43. The minimum Gasteiger partial charge on any atom is -0.370 e. The molecule has 0 radical (unpaired) electrons. The Bertz CT molecular complexity index is 934. The number of hydrogen-bond acceptors (Lipinski definition) is 5. The maximum Gasteiger partial charge on any atom is 0.255 e. The van der Waals surface area contributed by atoms with Crippen LogP contribution >= 0.6 is 0 Å². The number of allylic oxidation sites excluding steroid dienone is 1. The number of nitrogens with one attached hydrogen (secondary N) is 1. The Balaban J connectivity index is 1.28. The molecule has 28 heavy (non-hydrogen) atoms. The molecular formula is C21H27N5O2. The van der Waals surface area contributed by atoms with E-state index in [1.54, 1.807) is 16.8 Å². The maximum atomic E-state index is 12.8. The third kappa shape index (κ3) is 2.84. The van der Waals surface area contributed by atoms with Gasteiger partial charge in [-0.25, -0.2) is 0 Å². The van der Waals surface area contributed by atoms with E-state index < -0.39 is 0 Å². The van der Waals surface area contributed by atoms with Gasteiger partial charge in [0.15, 0.2) is 5.65 Å². The van der Waals surface area contributed by atoms with Crippen molar-refractivity contribution in [1.82, 2.24) is 24.8 Å². The predicted octanol–water partition coefficient (Wildman–Crippen LogP) is 1.90. The van der Waals surface area contributed by atoms with Gasteiger partial charge in [-0.2, -0.15) is 0 Å². The molecule has 2 bridgehead atoms. The summed E-state index contributed by atoms with van der Waals surface area (Å²) in [6.07, 6.45) is 8.28. The topological polar surface area (TPSA) is 71.8 Å². The number of pyridine rings is 1. The summed E-state index contributed by atoms with van der Waals surface area (Å²) >= 11 is 0. The zero-order valence-corrected chi connectivity index (χ0v) is 16.5. The van der Waals surface area contributed by atoms with E-state index >= 15 is 0 Å². The van der Waals surface area contributed by atoms with Crippen LogP contribution in [0.5, 0.6) is 0 Å². The molecule has 3 saturated heterocycles. The standard InChI is InChI=1S/C21H27N5O2/c1-14(2)6-9-25-11-17-16(18-5-7-21(17,12-25)28-18)10-22-20(27)15-4-3-8-26-13-23-24-19(15)26/h3-4,6,8,13,16-18H,5,7,9-12H2,1-2H3,(H,22,27)/t16-,17+,18+,21+/m0/s1. The number of carbonyl (C=O) groups excluding carboxylic acids is 1. The molecule has 5 heterocycles. The first kappa shape index (κ1) is 17.8. The molecule has 0 aliphatic carbocycles. The number of hydrogen-bond donors (Lipinski definition) is 1. The van der Waals surface area contributed by atoms with Crippen molar-refractivity contribution in [3.05, 3.63) is 41.9 Å². The quantitative estimate of drug-likeness (QED) is 0.801. The fraction of sp³-hybridized carbons (Fsp3) is 0.571. The Morgan fingerprint density at radius 2 is 2.36 bits per heavy atom. The molecule has 4 atom stereocenters. The van der Waals surface area contributed by atoms with Crippen molar-refractivity contribution in [2.45, 2.75) is 38.4 Å². The molecule has 0 saturated carbocycles. The van der Waals surface area contributed by atoms with Crippen LogP contribution in [0.4, 0.5) is 0 Å². The zero-order chi connectivity index (χ0) is 19.3. The van der Waals surface area contributed by atoms with Crippen LogP contribution in [0.2, 0.25) is 0 Å². The lowest BCUT2D eigenvalue weighted by Gasteiger charge is -2.29. The molecular weight excluding hydrogens is 354 g/mol. The molecule has 0 aromatic carbocycles. The molecule has 3 aliphatic rings. The molecule has 1 amide bonds. The molecule has 2 aromatic heterocycles. The maximum absolute atomic E-state index is 12.8. The first-order valence-corrected chi connectivity index (χ1v) is 10.2. The SMILES string of the molecule is CC(C)=CCN1C[C@@H]2[C@H](CNC(=O)c3cccn4cnnc34)[C@H]3CC[C@]2(C1)O3. The molecule has 3 fully saturated rings. The second-order valence-corrected chi connectivity index (χ2v) is 8.70. The van der Waals surface area contributed by atoms with Gasteiger partial charge < -0.3 is 10.1 Å². The Hall–Kier alpha value is -2.25. The molecule has 7 heteroatoms. The molecule has 1 N–H and O–H groups in total. The van der Waals surface area contributed by atoms with Gasteiger partial charge in [-0.3, -0.25) is 14.1 Å². The number of rotatable bonds is 5. The van der Waals surface area contributed by atoms with Crippen molar-refractivity contribution in [2.24, 2.45) is 11.8 Å². The fourth-order valence-electron chi connectivity index (χ4n) is 5.34. The Kier molecular flexibility index (Phi) is 4.25. The van der Waals surface area contributed by atoms with Gasteiger partial charge in [0.2, 0.25) is 0 Å². The van der Waals surface area contributed by atoms with Crippen molar-refractivity contribution in [3.63, 3.8) is 0 Å². The van der Waals surface area contributed by atoms with E-state index in [9.17, 15) is 4.79 Å². The van der Waals surface area contributed by atoms with Crippen LogP contribution in [0.25, 0.3) is 5.65 Å². The smallest absolute Gasteiger partial charge is 0.255 e. The zero-order valence-electron chi connectivity index (χ0n) is 16.5. The van der Waals surface area contributed by atoms with Crippen LogP contribution in [0.1, 0.15) is 37.0 Å². The Morgan fingerprint density at radius 3 is 3.21 bits per heavy atom. The number of fused-ring (bicyclic) bond motifs is 2. The third-order valence-electron chi connectivity index (χ3n) is 6.68. The lowest BCUT2D eigenvalue weighted by atomic mass is 9.73. The molecule has 2 aromatic rings. The van der Waals surface area contributed by atoms with Crippen LogP contribution in [0.15, 0.2) is 36.3 Å². The van der Waals surface area contributed by atoms with Crippen LogP contribution in [-0.2, 0) is 4.74 Å². The van der Waals surface area contributed by atoms with Crippen molar-refractivity contribution in [2.75, 3.05) is 26.2 Å². The van der Waals surface area contributed by atoms with Crippen LogP contribution in [0.3, 0.4) is 0 Å². The number of nitrogens with zero attached hydrogens (tertiary/aromatic N) is 4. The summed E-state index contributed by atoms with van der Waals surface area (Å²) in [5.74, 6) is 0.794. The van der Waals surface area contributed by atoms with Gasteiger partial charge in [0, 0.05) is 44.2 Å². The first-order chi connectivity index (χ1) is 13.6. The fourth-order valence-corrected chi connectivity index (χ4v) is 5.34. The van der Waals surface area contributed by atoms with E-state index in [0.717, 1.165) is 32.5 Å². The van der Waals surface area contributed by atoms with Crippen LogP contribution < -0.4 is 5.32 Å². The van der Waals surface area contributed by atoms with E-state index in [0.29, 0.717) is 29.6 Å². The lowest BCUT2D eigenvalue weighted by Crippen LogP contribution is -2.42. The number of aromatic nitrogens is 3. The van der Waals surface area contributed by atoms with Gasteiger partial charge >= 0.3 is 0 Å². The largest absolute Gasteiger partial charge is 0.370 e. The van der Waals surface area contributed by atoms with Gasteiger partial charge in [-0.15, -0.1) is 10.2 Å². The summed E-state index contributed by atoms with van der Waals surface area (Å²) in [5, 5.41) is 11.1. The summed E-state index contributed by atoms with van der Waals surface area (Å²) in [5.41, 5.74) is 2.51.